The Labute approximate surface area is 175 Å². The first-order valence-corrected chi connectivity index (χ1v) is 11.2. The van der Waals surface area contributed by atoms with Gasteiger partial charge < -0.3 is 10.1 Å². The molecule has 0 fully saturated rings. The van der Waals surface area contributed by atoms with E-state index in [1.165, 1.54) is 23.5 Å². The third-order valence-corrected chi connectivity index (χ3v) is 7.01. The van der Waals surface area contributed by atoms with Crippen molar-refractivity contribution in [1.82, 2.24) is 9.62 Å². The standard InChI is InChI=1S/C20H25BrN2O4S/c1-5-23(6-2)28(25,26)19-13-16(10-11-18(19)27-4)20(24)22-14(3)15-8-7-9-17(21)12-15/h7-14H,5-6H2,1-4H3,(H,22,24)/t14-/m1/s1. The molecule has 0 aromatic heterocycles. The summed E-state index contributed by atoms with van der Waals surface area (Å²) >= 11 is 3.42. The second-order valence-electron chi connectivity index (χ2n) is 6.21. The van der Waals surface area contributed by atoms with Gasteiger partial charge in [0.15, 0.2) is 0 Å². The number of sulfonamides is 1. The van der Waals surface area contributed by atoms with Gasteiger partial charge in [-0.3, -0.25) is 4.79 Å². The van der Waals surface area contributed by atoms with Crippen LogP contribution in [0.15, 0.2) is 51.8 Å². The summed E-state index contributed by atoms with van der Waals surface area (Å²) in [5, 5.41) is 2.90. The van der Waals surface area contributed by atoms with Gasteiger partial charge in [0.2, 0.25) is 10.0 Å². The van der Waals surface area contributed by atoms with Gasteiger partial charge in [0.05, 0.1) is 13.2 Å². The monoisotopic (exact) mass is 468 g/mol. The van der Waals surface area contributed by atoms with E-state index < -0.39 is 10.0 Å². The summed E-state index contributed by atoms with van der Waals surface area (Å²) in [4.78, 5) is 12.7. The Morgan fingerprint density at radius 3 is 2.43 bits per heavy atom. The molecule has 0 unspecified atom stereocenters. The third kappa shape index (κ3) is 4.92. The van der Waals surface area contributed by atoms with Crippen LogP contribution in [0.25, 0.3) is 0 Å². The van der Waals surface area contributed by atoms with E-state index in [1.54, 1.807) is 19.9 Å². The van der Waals surface area contributed by atoms with E-state index in [-0.39, 0.29) is 28.2 Å². The van der Waals surface area contributed by atoms with Crippen molar-refractivity contribution in [3.8, 4) is 5.75 Å². The first-order valence-electron chi connectivity index (χ1n) is 8.99. The molecule has 0 spiro atoms. The van der Waals surface area contributed by atoms with Crippen LogP contribution < -0.4 is 10.1 Å². The SMILES string of the molecule is CCN(CC)S(=O)(=O)c1cc(C(=O)N[C@H](C)c2cccc(Br)c2)ccc1OC. The molecule has 6 nitrogen and oxygen atoms in total. The minimum Gasteiger partial charge on any atom is -0.495 e. The van der Waals surface area contributed by atoms with Crippen LogP contribution in [-0.2, 0) is 10.0 Å². The summed E-state index contributed by atoms with van der Waals surface area (Å²) in [6.07, 6.45) is 0. The summed E-state index contributed by atoms with van der Waals surface area (Å²) < 4.78 is 33.4. The smallest absolute Gasteiger partial charge is 0.251 e. The molecule has 0 saturated carbocycles. The van der Waals surface area contributed by atoms with E-state index in [0.717, 1.165) is 10.0 Å². The van der Waals surface area contributed by atoms with Crippen LogP contribution in [0.2, 0.25) is 0 Å². The van der Waals surface area contributed by atoms with Crippen molar-refractivity contribution in [1.29, 1.82) is 0 Å². The predicted molar refractivity (Wildman–Crippen MR) is 113 cm³/mol. The quantitative estimate of drug-likeness (QED) is 0.635. The molecule has 1 N–H and O–H groups in total. The molecular formula is C20H25BrN2O4S. The highest BCUT2D eigenvalue weighted by molar-refractivity contribution is 9.10. The van der Waals surface area contributed by atoms with Crippen LogP contribution >= 0.6 is 15.9 Å². The van der Waals surface area contributed by atoms with Crippen molar-refractivity contribution >= 4 is 31.9 Å². The van der Waals surface area contributed by atoms with E-state index >= 15 is 0 Å². The maximum Gasteiger partial charge on any atom is 0.251 e. The fourth-order valence-corrected chi connectivity index (χ4v) is 4.92. The Hall–Kier alpha value is -1.90. The number of halogens is 1. The molecule has 8 heteroatoms. The third-order valence-electron chi connectivity index (χ3n) is 4.45. The van der Waals surface area contributed by atoms with Crippen molar-refractivity contribution in [3.63, 3.8) is 0 Å². The van der Waals surface area contributed by atoms with Gasteiger partial charge >= 0.3 is 0 Å². The van der Waals surface area contributed by atoms with E-state index in [9.17, 15) is 13.2 Å². The first kappa shape index (κ1) is 22.4. The molecule has 28 heavy (non-hydrogen) atoms. The Morgan fingerprint density at radius 1 is 1.18 bits per heavy atom. The van der Waals surface area contributed by atoms with Crippen molar-refractivity contribution in [2.24, 2.45) is 0 Å². The largest absolute Gasteiger partial charge is 0.495 e. The molecule has 1 amide bonds. The molecule has 0 radical (unpaired) electrons. The fraction of sp³-hybridized carbons (Fsp3) is 0.350. The van der Waals surface area contributed by atoms with Gasteiger partial charge in [-0.2, -0.15) is 4.31 Å². The minimum absolute atomic E-state index is 0.0125. The van der Waals surface area contributed by atoms with Gasteiger partial charge in [0.1, 0.15) is 10.6 Å². The van der Waals surface area contributed by atoms with Crippen LogP contribution in [0.4, 0.5) is 0 Å². The lowest BCUT2D eigenvalue weighted by molar-refractivity contribution is 0.0939. The summed E-state index contributed by atoms with van der Waals surface area (Å²) in [5.74, 6) is -0.144. The van der Waals surface area contributed by atoms with Crippen LogP contribution in [0.3, 0.4) is 0 Å². The number of hydrogen-bond donors (Lipinski definition) is 1. The average Bonchev–Trinajstić information content (AvgIpc) is 2.68. The lowest BCUT2D eigenvalue weighted by Crippen LogP contribution is -2.31. The average molecular weight is 469 g/mol. The number of methoxy groups -OCH3 is 1. The topological polar surface area (TPSA) is 75.7 Å². The summed E-state index contributed by atoms with van der Waals surface area (Å²) in [6, 6.07) is 11.8. The number of carbonyl (C=O) groups excluding carboxylic acids is 1. The van der Waals surface area contributed by atoms with Gasteiger partial charge in [0.25, 0.3) is 5.91 Å². The van der Waals surface area contributed by atoms with Crippen molar-refractivity contribution in [2.45, 2.75) is 31.7 Å². The van der Waals surface area contributed by atoms with Crippen molar-refractivity contribution < 1.29 is 17.9 Å². The molecular weight excluding hydrogens is 444 g/mol. The molecule has 0 aliphatic heterocycles. The molecule has 0 bridgehead atoms. The van der Waals surface area contributed by atoms with E-state index in [2.05, 4.69) is 21.2 Å². The summed E-state index contributed by atoms with van der Waals surface area (Å²) in [5.41, 5.74) is 1.20. The van der Waals surface area contributed by atoms with Crippen LogP contribution in [0.1, 0.15) is 42.7 Å². The number of nitrogens with one attached hydrogen (secondary N) is 1. The van der Waals surface area contributed by atoms with Gasteiger partial charge in [0, 0.05) is 23.1 Å². The Kier molecular flexibility index (Phi) is 7.63. The van der Waals surface area contributed by atoms with Crippen LogP contribution in [-0.4, -0.2) is 38.8 Å². The molecule has 2 rings (SSSR count). The minimum atomic E-state index is -3.76. The highest BCUT2D eigenvalue weighted by Crippen LogP contribution is 2.28. The number of benzene rings is 2. The maximum atomic E-state index is 12.9. The second kappa shape index (κ2) is 9.54. The molecule has 0 saturated heterocycles. The van der Waals surface area contributed by atoms with Gasteiger partial charge in [-0.1, -0.05) is 41.9 Å². The number of amides is 1. The zero-order valence-electron chi connectivity index (χ0n) is 16.4. The number of nitrogens with zero attached hydrogens (tertiary/aromatic N) is 1. The van der Waals surface area contributed by atoms with E-state index in [4.69, 9.17) is 4.74 Å². The van der Waals surface area contributed by atoms with E-state index in [0.29, 0.717) is 13.1 Å². The zero-order chi connectivity index (χ0) is 20.9. The number of ether oxygens (including phenoxy) is 1. The fourth-order valence-electron chi connectivity index (χ4n) is 2.86. The molecule has 0 heterocycles. The highest BCUT2D eigenvalue weighted by atomic mass is 79.9. The van der Waals surface area contributed by atoms with Gasteiger partial charge in [-0.05, 0) is 42.8 Å². The summed E-state index contributed by atoms with van der Waals surface area (Å²) in [6.45, 7) is 6.07. The van der Waals surface area contributed by atoms with E-state index in [1.807, 2.05) is 31.2 Å². The second-order valence-corrected chi connectivity index (χ2v) is 9.03. The zero-order valence-corrected chi connectivity index (χ0v) is 18.8. The van der Waals surface area contributed by atoms with Gasteiger partial charge in [-0.15, -0.1) is 0 Å². The summed E-state index contributed by atoms with van der Waals surface area (Å²) in [7, 11) is -2.36. The Morgan fingerprint density at radius 2 is 1.86 bits per heavy atom. The number of carbonyl (C=O) groups is 1. The lowest BCUT2D eigenvalue weighted by atomic mass is 10.1. The molecule has 0 aliphatic rings. The lowest BCUT2D eigenvalue weighted by Gasteiger charge is -2.21. The van der Waals surface area contributed by atoms with Gasteiger partial charge in [-0.25, -0.2) is 8.42 Å². The van der Waals surface area contributed by atoms with Crippen molar-refractivity contribution in [3.05, 3.63) is 58.1 Å². The number of hydrogen-bond acceptors (Lipinski definition) is 4. The predicted octanol–water partition coefficient (Wildman–Crippen LogP) is 3.98. The molecule has 0 aliphatic carbocycles. The van der Waals surface area contributed by atoms with Crippen molar-refractivity contribution in [2.75, 3.05) is 20.2 Å². The van der Waals surface area contributed by atoms with Crippen LogP contribution in [0.5, 0.6) is 5.75 Å². The number of rotatable bonds is 8. The Balaban J connectivity index is 2.35. The maximum absolute atomic E-state index is 12.9. The molecule has 2 aromatic carbocycles. The molecule has 152 valence electrons. The molecule has 1 atom stereocenters. The normalized spacial score (nSPS) is 12.6. The first-order chi connectivity index (χ1) is 13.2. The molecule has 2 aromatic rings. The highest BCUT2D eigenvalue weighted by Gasteiger charge is 2.27. The van der Waals surface area contributed by atoms with Crippen LogP contribution in [0, 0.1) is 0 Å². The Bertz CT molecular complexity index is 943.